The van der Waals surface area contributed by atoms with Gasteiger partial charge in [0.05, 0.1) is 11.5 Å². The van der Waals surface area contributed by atoms with Crippen LogP contribution in [0.4, 0.5) is 13.2 Å². The summed E-state index contributed by atoms with van der Waals surface area (Å²) in [5, 5.41) is 0. The fourth-order valence-electron chi connectivity index (χ4n) is 1.96. The SMILES string of the molecule is COC1(CN)CCC(C(F)(F)F)CC1. The standard InChI is InChI=1S/C9H16F3NO/c1-14-8(6-13)4-2-7(3-5-8)9(10,11)12/h7H,2-6,13H2,1H3. The summed E-state index contributed by atoms with van der Waals surface area (Å²) in [6.45, 7) is 0.300. The second-order valence-electron chi connectivity index (χ2n) is 3.91. The summed E-state index contributed by atoms with van der Waals surface area (Å²) in [5.74, 6) is -1.17. The number of methoxy groups -OCH3 is 1. The van der Waals surface area contributed by atoms with E-state index in [-0.39, 0.29) is 12.8 Å². The third-order valence-electron chi connectivity index (χ3n) is 3.16. The van der Waals surface area contributed by atoms with Gasteiger partial charge in [-0.2, -0.15) is 13.2 Å². The van der Waals surface area contributed by atoms with Crippen molar-refractivity contribution < 1.29 is 17.9 Å². The predicted molar refractivity (Wildman–Crippen MR) is 46.8 cm³/mol. The molecule has 84 valence electrons. The summed E-state index contributed by atoms with van der Waals surface area (Å²) in [5.41, 5.74) is 4.98. The van der Waals surface area contributed by atoms with Gasteiger partial charge in [-0.1, -0.05) is 0 Å². The third kappa shape index (κ3) is 2.39. The zero-order valence-corrected chi connectivity index (χ0v) is 8.23. The van der Waals surface area contributed by atoms with E-state index in [4.69, 9.17) is 10.5 Å². The van der Waals surface area contributed by atoms with E-state index >= 15 is 0 Å². The van der Waals surface area contributed by atoms with Crippen molar-refractivity contribution in [1.82, 2.24) is 0 Å². The number of ether oxygens (including phenoxy) is 1. The molecule has 5 heteroatoms. The molecule has 14 heavy (non-hydrogen) atoms. The maximum absolute atomic E-state index is 12.3. The average molecular weight is 211 g/mol. The number of nitrogens with two attached hydrogens (primary N) is 1. The van der Waals surface area contributed by atoms with Crippen LogP contribution in [0, 0.1) is 5.92 Å². The van der Waals surface area contributed by atoms with Crippen LogP contribution in [-0.4, -0.2) is 25.4 Å². The summed E-state index contributed by atoms with van der Waals surface area (Å²) in [7, 11) is 1.51. The molecule has 0 amide bonds. The minimum absolute atomic E-state index is 0.133. The summed E-state index contributed by atoms with van der Waals surface area (Å²) >= 11 is 0. The molecule has 2 nitrogen and oxygen atoms in total. The highest BCUT2D eigenvalue weighted by atomic mass is 19.4. The van der Waals surface area contributed by atoms with Gasteiger partial charge in [-0.05, 0) is 25.7 Å². The molecule has 0 aliphatic heterocycles. The highest BCUT2D eigenvalue weighted by Gasteiger charge is 2.45. The molecule has 1 aliphatic rings. The van der Waals surface area contributed by atoms with Crippen molar-refractivity contribution in [1.29, 1.82) is 0 Å². The van der Waals surface area contributed by atoms with Gasteiger partial charge in [0.25, 0.3) is 0 Å². The van der Waals surface area contributed by atoms with E-state index in [1.807, 2.05) is 0 Å². The lowest BCUT2D eigenvalue weighted by molar-refractivity contribution is -0.193. The van der Waals surface area contributed by atoms with Crippen molar-refractivity contribution in [2.75, 3.05) is 13.7 Å². The molecule has 0 spiro atoms. The quantitative estimate of drug-likeness (QED) is 0.759. The van der Waals surface area contributed by atoms with Crippen molar-refractivity contribution in [3.63, 3.8) is 0 Å². The van der Waals surface area contributed by atoms with E-state index in [1.54, 1.807) is 0 Å². The van der Waals surface area contributed by atoms with Crippen LogP contribution in [0.15, 0.2) is 0 Å². The third-order valence-corrected chi connectivity index (χ3v) is 3.16. The van der Waals surface area contributed by atoms with E-state index in [1.165, 1.54) is 7.11 Å². The molecule has 0 bridgehead atoms. The maximum atomic E-state index is 12.3. The fourth-order valence-corrected chi connectivity index (χ4v) is 1.96. The van der Waals surface area contributed by atoms with E-state index in [0.717, 1.165) is 0 Å². The molecule has 1 fully saturated rings. The van der Waals surface area contributed by atoms with Gasteiger partial charge in [0, 0.05) is 13.7 Å². The molecule has 0 aromatic rings. The van der Waals surface area contributed by atoms with Gasteiger partial charge in [-0.15, -0.1) is 0 Å². The molecule has 1 aliphatic carbocycles. The Morgan fingerprint density at radius 3 is 2.14 bits per heavy atom. The normalized spacial score (nSPS) is 34.5. The molecule has 0 heterocycles. The van der Waals surface area contributed by atoms with Crippen LogP contribution in [0.25, 0.3) is 0 Å². The summed E-state index contributed by atoms with van der Waals surface area (Å²) < 4.78 is 42.2. The average Bonchev–Trinajstić information content (AvgIpc) is 2.16. The Morgan fingerprint density at radius 1 is 1.36 bits per heavy atom. The van der Waals surface area contributed by atoms with E-state index in [0.29, 0.717) is 19.4 Å². The van der Waals surface area contributed by atoms with Crippen molar-refractivity contribution in [3.8, 4) is 0 Å². The molecule has 0 saturated heterocycles. The van der Waals surface area contributed by atoms with Crippen LogP contribution >= 0.6 is 0 Å². The van der Waals surface area contributed by atoms with Gasteiger partial charge < -0.3 is 10.5 Å². The highest BCUT2D eigenvalue weighted by Crippen LogP contribution is 2.41. The van der Waals surface area contributed by atoms with Crippen LogP contribution < -0.4 is 5.73 Å². The Labute approximate surface area is 81.6 Å². The summed E-state index contributed by atoms with van der Waals surface area (Å²) in [6.07, 6.45) is -2.98. The zero-order chi connectivity index (χ0) is 10.8. The van der Waals surface area contributed by atoms with Crippen LogP contribution in [0.1, 0.15) is 25.7 Å². The van der Waals surface area contributed by atoms with Gasteiger partial charge in [0.1, 0.15) is 0 Å². The van der Waals surface area contributed by atoms with Crippen LogP contribution in [-0.2, 0) is 4.74 Å². The Kier molecular flexibility index (Phi) is 3.42. The molecule has 0 unspecified atom stereocenters. The first-order chi connectivity index (χ1) is 6.43. The van der Waals surface area contributed by atoms with Crippen molar-refractivity contribution in [3.05, 3.63) is 0 Å². The topological polar surface area (TPSA) is 35.2 Å². The molecule has 0 aromatic heterocycles. The van der Waals surface area contributed by atoms with Gasteiger partial charge in [0.2, 0.25) is 0 Å². The predicted octanol–water partition coefficient (Wildman–Crippen LogP) is 2.08. The molecular weight excluding hydrogens is 195 g/mol. The second-order valence-corrected chi connectivity index (χ2v) is 3.91. The molecule has 1 saturated carbocycles. The fraction of sp³-hybridized carbons (Fsp3) is 1.00. The number of alkyl halides is 3. The monoisotopic (exact) mass is 211 g/mol. The highest BCUT2D eigenvalue weighted by molar-refractivity contribution is 4.89. The molecular formula is C9H16F3NO. The Hall–Kier alpha value is -0.290. The maximum Gasteiger partial charge on any atom is 0.391 e. The minimum Gasteiger partial charge on any atom is -0.377 e. The van der Waals surface area contributed by atoms with Crippen LogP contribution in [0.3, 0.4) is 0 Å². The van der Waals surface area contributed by atoms with Crippen molar-refractivity contribution in [2.45, 2.75) is 37.5 Å². The Morgan fingerprint density at radius 2 is 1.86 bits per heavy atom. The van der Waals surface area contributed by atoms with Crippen LogP contribution in [0.5, 0.6) is 0 Å². The molecule has 0 aromatic carbocycles. The van der Waals surface area contributed by atoms with Crippen LogP contribution in [0.2, 0.25) is 0 Å². The summed E-state index contributed by atoms with van der Waals surface area (Å²) in [4.78, 5) is 0. The van der Waals surface area contributed by atoms with Crippen molar-refractivity contribution >= 4 is 0 Å². The van der Waals surface area contributed by atoms with E-state index < -0.39 is 17.7 Å². The first-order valence-electron chi connectivity index (χ1n) is 4.75. The number of rotatable bonds is 2. The lowest BCUT2D eigenvalue weighted by Gasteiger charge is -2.38. The lowest BCUT2D eigenvalue weighted by Crippen LogP contribution is -2.45. The van der Waals surface area contributed by atoms with E-state index in [2.05, 4.69) is 0 Å². The second kappa shape index (κ2) is 4.06. The molecule has 2 N–H and O–H groups in total. The molecule has 0 radical (unpaired) electrons. The number of hydrogen-bond donors (Lipinski definition) is 1. The smallest absolute Gasteiger partial charge is 0.377 e. The largest absolute Gasteiger partial charge is 0.391 e. The first-order valence-corrected chi connectivity index (χ1v) is 4.75. The van der Waals surface area contributed by atoms with Gasteiger partial charge in [-0.3, -0.25) is 0 Å². The first kappa shape index (κ1) is 11.8. The van der Waals surface area contributed by atoms with Gasteiger partial charge in [-0.25, -0.2) is 0 Å². The van der Waals surface area contributed by atoms with E-state index in [9.17, 15) is 13.2 Å². The number of hydrogen-bond acceptors (Lipinski definition) is 2. The zero-order valence-electron chi connectivity index (χ0n) is 8.23. The molecule has 1 rings (SSSR count). The van der Waals surface area contributed by atoms with Gasteiger partial charge in [0.15, 0.2) is 0 Å². The Bertz CT molecular complexity index is 179. The van der Waals surface area contributed by atoms with Gasteiger partial charge >= 0.3 is 6.18 Å². The molecule has 0 atom stereocenters. The van der Waals surface area contributed by atoms with Crippen molar-refractivity contribution in [2.24, 2.45) is 11.7 Å². The number of halogens is 3. The summed E-state index contributed by atoms with van der Waals surface area (Å²) in [6, 6.07) is 0. The minimum atomic E-state index is -4.06. The lowest BCUT2D eigenvalue weighted by atomic mass is 9.78. The Balaban J connectivity index is 2.53.